The van der Waals surface area contributed by atoms with Crippen LogP contribution in [0, 0.1) is 17.7 Å². The molecule has 2 rings (SSSR count). The van der Waals surface area contributed by atoms with Crippen LogP contribution in [0.4, 0.5) is 4.39 Å². The van der Waals surface area contributed by atoms with E-state index in [1.165, 1.54) is 18.3 Å². The third kappa shape index (κ3) is 4.09. The first-order valence-electron chi connectivity index (χ1n) is 6.24. The molecule has 0 aliphatic rings. The van der Waals surface area contributed by atoms with Gasteiger partial charge in [-0.3, -0.25) is 4.79 Å². The summed E-state index contributed by atoms with van der Waals surface area (Å²) in [6.07, 6.45) is 1.53. The standard InChI is InChI=1S/C15H13FN4O/c16-14-9-11(3-1-7-17)5-6-13(14)15(21)18-10-12-4-2-8-19-20-12/h2,4-6,8-9H,7,10,17H2,(H,18,21). The third-order valence-corrected chi connectivity index (χ3v) is 2.61. The molecule has 5 nitrogen and oxygen atoms in total. The van der Waals surface area contributed by atoms with Gasteiger partial charge in [-0.1, -0.05) is 11.8 Å². The fraction of sp³-hybridized carbons (Fsp3) is 0.133. The van der Waals surface area contributed by atoms with Crippen molar-refractivity contribution in [2.24, 2.45) is 5.73 Å². The van der Waals surface area contributed by atoms with Gasteiger partial charge in [0, 0.05) is 11.8 Å². The molecule has 106 valence electrons. The molecule has 6 heteroatoms. The molecule has 0 radical (unpaired) electrons. The van der Waals surface area contributed by atoms with Crippen molar-refractivity contribution >= 4 is 5.91 Å². The number of rotatable bonds is 3. The Morgan fingerprint density at radius 1 is 1.38 bits per heavy atom. The molecule has 0 atom stereocenters. The van der Waals surface area contributed by atoms with Crippen LogP contribution in [-0.4, -0.2) is 22.6 Å². The van der Waals surface area contributed by atoms with E-state index in [0.717, 1.165) is 0 Å². The van der Waals surface area contributed by atoms with Gasteiger partial charge in [0.05, 0.1) is 24.3 Å². The lowest BCUT2D eigenvalue weighted by Crippen LogP contribution is -2.24. The maximum atomic E-state index is 13.9. The van der Waals surface area contributed by atoms with E-state index in [1.807, 2.05) is 0 Å². The monoisotopic (exact) mass is 284 g/mol. The van der Waals surface area contributed by atoms with Gasteiger partial charge in [0.1, 0.15) is 5.82 Å². The Balaban J connectivity index is 2.05. The number of halogens is 1. The first-order valence-corrected chi connectivity index (χ1v) is 6.24. The molecule has 0 aliphatic heterocycles. The van der Waals surface area contributed by atoms with Crippen molar-refractivity contribution in [2.75, 3.05) is 6.54 Å². The number of amides is 1. The van der Waals surface area contributed by atoms with Crippen LogP contribution in [0.2, 0.25) is 0 Å². The number of hydrogen-bond acceptors (Lipinski definition) is 4. The topological polar surface area (TPSA) is 80.9 Å². The van der Waals surface area contributed by atoms with E-state index in [1.54, 1.807) is 18.2 Å². The number of benzene rings is 1. The highest BCUT2D eigenvalue weighted by Crippen LogP contribution is 2.10. The van der Waals surface area contributed by atoms with Crippen molar-refractivity contribution in [1.82, 2.24) is 15.5 Å². The minimum absolute atomic E-state index is 0.0443. The molecule has 1 aromatic carbocycles. The van der Waals surface area contributed by atoms with Crippen molar-refractivity contribution in [3.8, 4) is 11.8 Å². The van der Waals surface area contributed by atoms with Crippen LogP contribution in [0.3, 0.4) is 0 Å². The fourth-order valence-corrected chi connectivity index (χ4v) is 1.62. The smallest absolute Gasteiger partial charge is 0.254 e. The highest BCUT2D eigenvalue weighted by Gasteiger charge is 2.11. The fourth-order valence-electron chi connectivity index (χ4n) is 1.62. The summed E-state index contributed by atoms with van der Waals surface area (Å²) in [5.74, 6) is 4.18. The molecular formula is C15H13FN4O. The minimum atomic E-state index is -0.629. The van der Waals surface area contributed by atoms with Crippen LogP contribution in [0.25, 0.3) is 0 Å². The Hall–Kier alpha value is -2.78. The Kier molecular flexibility index (Phi) is 4.96. The Bertz CT molecular complexity index is 692. The highest BCUT2D eigenvalue weighted by molar-refractivity contribution is 5.94. The molecule has 21 heavy (non-hydrogen) atoms. The highest BCUT2D eigenvalue weighted by atomic mass is 19.1. The van der Waals surface area contributed by atoms with Gasteiger partial charge >= 0.3 is 0 Å². The molecule has 1 heterocycles. The largest absolute Gasteiger partial charge is 0.346 e. The predicted octanol–water partition coefficient (Wildman–Crippen LogP) is 0.856. The summed E-state index contributed by atoms with van der Waals surface area (Å²) in [6.45, 7) is 0.378. The third-order valence-electron chi connectivity index (χ3n) is 2.61. The van der Waals surface area contributed by atoms with E-state index in [9.17, 15) is 9.18 Å². The summed E-state index contributed by atoms with van der Waals surface area (Å²) >= 11 is 0. The minimum Gasteiger partial charge on any atom is -0.346 e. The van der Waals surface area contributed by atoms with Gasteiger partial charge in [-0.15, -0.1) is 0 Å². The Morgan fingerprint density at radius 2 is 2.24 bits per heavy atom. The number of nitrogens with two attached hydrogens (primary N) is 1. The van der Waals surface area contributed by atoms with Gasteiger partial charge in [-0.25, -0.2) is 4.39 Å². The van der Waals surface area contributed by atoms with Gasteiger partial charge in [0.15, 0.2) is 0 Å². The lowest BCUT2D eigenvalue weighted by atomic mass is 10.1. The van der Waals surface area contributed by atoms with Gasteiger partial charge in [0.25, 0.3) is 5.91 Å². The molecule has 0 saturated heterocycles. The van der Waals surface area contributed by atoms with Gasteiger partial charge < -0.3 is 11.1 Å². The number of carbonyl (C=O) groups excluding carboxylic acids is 1. The molecule has 2 aromatic rings. The molecule has 1 amide bonds. The molecule has 0 unspecified atom stereocenters. The summed E-state index contributed by atoms with van der Waals surface area (Å²) in [5.41, 5.74) is 6.27. The lowest BCUT2D eigenvalue weighted by Gasteiger charge is -2.05. The summed E-state index contributed by atoms with van der Waals surface area (Å²) in [6, 6.07) is 7.60. The SMILES string of the molecule is NCC#Cc1ccc(C(=O)NCc2cccnn2)c(F)c1. The molecule has 3 N–H and O–H groups in total. The maximum absolute atomic E-state index is 13.9. The van der Waals surface area contributed by atoms with Crippen LogP contribution in [0.1, 0.15) is 21.6 Å². The van der Waals surface area contributed by atoms with E-state index in [0.29, 0.717) is 11.3 Å². The zero-order chi connectivity index (χ0) is 15.1. The molecule has 0 bridgehead atoms. The zero-order valence-electron chi connectivity index (χ0n) is 11.1. The van der Waals surface area contributed by atoms with Gasteiger partial charge in [-0.2, -0.15) is 10.2 Å². The van der Waals surface area contributed by atoms with Gasteiger partial charge in [0.2, 0.25) is 0 Å². The molecule has 0 fully saturated rings. The van der Waals surface area contributed by atoms with E-state index in [2.05, 4.69) is 27.4 Å². The van der Waals surface area contributed by atoms with Crippen molar-refractivity contribution in [3.63, 3.8) is 0 Å². The summed E-state index contributed by atoms with van der Waals surface area (Å²) in [5, 5.41) is 10.1. The maximum Gasteiger partial charge on any atom is 0.254 e. The second-order valence-electron chi connectivity index (χ2n) is 4.10. The van der Waals surface area contributed by atoms with Crippen LogP contribution >= 0.6 is 0 Å². The van der Waals surface area contributed by atoms with Crippen molar-refractivity contribution < 1.29 is 9.18 Å². The van der Waals surface area contributed by atoms with E-state index >= 15 is 0 Å². The van der Waals surface area contributed by atoms with Crippen molar-refractivity contribution in [3.05, 3.63) is 59.2 Å². The predicted molar refractivity (Wildman–Crippen MR) is 75.5 cm³/mol. The first kappa shape index (κ1) is 14.6. The average molecular weight is 284 g/mol. The van der Waals surface area contributed by atoms with Crippen LogP contribution < -0.4 is 11.1 Å². The lowest BCUT2D eigenvalue weighted by molar-refractivity contribution is 0.0946. The molecule has 0 saturated carbocycles. The van der Waals surface area contributed by atoms with E-state index < -0.39 is 11.7 Å². The van der Waals surface area contributed by atoms with E-state index in [4.69, 9.17) is 5.73 Å². The Morgan fingerprint density at radius 3 is 2.90 bits per heavy atom. The van der Waals surface area contributed by atoms with Crippen LogP contribution in [0.5, 0.6) is 0 Å². The summed E-state index contributed by atoms with van der Waals surface area (Å²) < 4.78 is 13.9. The van der Waals surface area contributed by atoms with Gasteiger partial charge in [-0.05, 0) is 30.3 Å². The Labute approximate surface area is 121 Å². The molecule has 1 aromatic heterocycles. The number of hydrogen-bond donors (Lipinski definition) is 2. The molecule has 0 spiro atoms. The second-order valence-corrected chi connectivity index (χ2v) is 4.10. The number of nitrogens with one attached hydrogen (secondary N) is 1. The normalized spacial score (nSPS) is 9.62. The summed E-state index contributed by atoms with van der Waals surface area (Å²) in [7, 11) is 0. The van der Waals surface area contributed by atoms with E-state index in [-0.39, 0.29) is 18.7 Å². The van der Waals surface area contributed by atoms with Crippen LogP contribution in [-0.2, 0) is 6.54 Å². The van der Waals surface area contributed by atoms with Crippen molar-refractivity contribution in [1.29, 1.82) is 0 Å². The second kappa shape index (κ2) is 7.12. The summed E-state index contributed by atoms with van der Waals surface area (Å²) in [4.78, 5) is 11.9. The first-order chi connectivity index (χ1) is 10.2. The molecular weight excluding hydrogens is 271 g/mol. The van der Waals surface area contributed by atoms with Crippen LogP contribution in [0.15, 0.2) is 36.5 Å². The molecule has 0 aliphatic carbocycles. The number of carbonyl (C=O) groups is 1. The quantitative estimate of drug-likeness (QED) is 0.819. The number of nitrogens with zero attached hydrogens (tertiary/aromatic N) is 2. The number of aromatic nitrogens is 2. The zero-order valence-corrected chi connectivity index (χ0v) is 11.1. The average Bonchev–Trinajstić information content (AvgIpc) is 2.51. The van der Waals surface area contributed by atoms with Crippen molar-refractivity contribution in [2.45, 2.75) is 6.54 Å².